The molecule has 2 heterocycles. The van der Waals surface area contributed by atoms with Gasteiger partial charge in [0.25, 0.3) is 0 Å². The lowest BCUT2D eigenvalue weighted by atomic mass is 10.2. The van der Waals surface area contributed by atoms with E-state index in [4.69, 9.17) is 4.42 Å². The average molecular weight is 378 g/mol. The van der Waals surface area contributed by atoms with Crippen molar-refractivity contribution in [2.75, 3.05) is 27.2 Å². The quantitative estimate of drug-likeness (QED) is 0.544. The lowest BCUT2D eigenvalue weighted by Gasteiger charge is -2.13. The van der Waals surface area contributed by atoms with E-state index in [0.717, 1.165) is 22.9 Å². The Labute approximate surface area is 158 Å². The Kier molecular flexibility index (Phi) is 7.65. The molecule has 2 rings (SSSR count). The first kappa shape index (κ1) is 20.0. The number of aliphatic imine (C=N–C) groups is 1. The molecule has 1 amide bonds. The van der Waals surface area contributed by atoms with Crippen LogP contribution >= 0.6 is 11.3 Å². The highest BCUT2D eigenvalue weighted by atomic mass is 32.1. The van der Waals surface area contributed by atoms with Gasteiger partial charge < -0.3 is 20.0 Å². The number of guanidine groups is 1. The van der Waals surface area contributed by atoms with Crippen molar-refractivity contribution in [2.45, 2.75) is 32.7 Å². The SMILES string of the molecule is CC(C)c1csc(CNC(=NCC(=O)N(C)C)NCCc2ccco2)n1. The average Bonchev–Trinajstić information content (AvgIpc) is 3.28. The Morgan fingerprint density at radius 2 is 2.19 bits per heavy atom. The maximum absolute atomic E-state index is 11.8. The predicted molar refractivity (Wildman–Crippen MR) is 104 cm³/mol. The van der Waals surface area contributed by atoms with Crippen LogP contribution in [0.1, 0.15) is 36.2 Å². The zero-order valence-electron chi connectivity index (χ0n) is 15.8. The third-order valence-corrected chi connectivity index (χ3v) is 4.55. The van der Waals surface area contributed by atoms with Crippen molar-refractivity contribution < 1.29 is 9.21 Å². The zero-order chi connectivity index (χ0) is 18.9. The van der Waals surface area contributed by atoms with Gasteiger partial charge in [-0.1, -0.05) is 13.8 Å². The number of likely N-dealkylation sites (N-methyl/N-ethyl adjacent to an activating group) is 1. The summed E-state index contributed by atoms with van der Waals surface area (Å²) in [6.07, 6.45) is 2.40. The van der Waals surface area contributed by atoms with Crippen molar-refractivity contribution in [3.63, 3.8) is 0 Å². The van der Waals surface area contributed by atoms with E-state index < -0.39 is 0 Å². The zero-order valence-corrected chi connectivity index (χ0v) is 16.6. The van der Waals surface area contributed by atoms with Gasteiger partial charge in [0.2, 0.25) is 5.91 Å². The van der Waals surface area contributed by atoms with Gasteiger partial charge in [0.1, 0.15) is 17.3 Å². The molecule has 2 aromatic rings. The topological polar surface area (TPSA) is 82.8 Å². The first-order valence-electron chi connectivity index (χ1n) is 8.64. The Morgan fingerprint density at radius 3 is 2.81 bits per heavy atom. The molecule has 0 atom stereocenters. The number of furan rings is 1. The minimum absolute atomic E-state index is 0.0477. The minimum Gasteiger partial charge on any atom is -0.469 e. The molecule has 0 aliphatic rings. The lowest BCUT2D eigenvalue weighted by molar-refractivity contribution is -0.127. The van der Waals surface area contributed by atoms with Gasteiger partial charge in [-0.15, -0.1) is 11.3 Å². The molecule has 8 heteroatoms. The normalized spacial score (nSPS) is 11.7. The van der Waals surface area contributed by atoms with E-state index in [1.54, 1.807) is 31.7 Å². The molecule has 0 saturated carbocycles. The second-order valence-electron chi connectivity index (χ2n) is 6.38. The monoisotopic (exact) mass is 377 g/mol. The molecule has 2 aromatic heterocycles. The largest absolute Gasteiger partial charge is 0.469 e. The maximum atomic E-state index is 11.8. The molecule has 0 bridgehead atoms. The van der Waals surface area contributed by atoms with Crippen LogP contribution in [0.4, 0.5) is 0 Å². The molecule has 0 unspecified atom stereocenters. The molecular weight excluding hydrogens is 350 g/mol. The fourth-order valence-electron chi connectivity index (χ4n) is 2.05. The fraction of sp³-hybridized carbons (Fsp3) is 0.500. The first-order valence-corrected chi connectivity index (χ1v) is 9.52. The molecule has 0 saturated heterocycles. The van der Waals surface area contributed by atoms with Crippen molar-refractivity contribution >= 4 is 23.2 Å². The molecule has 0 aliphatic carbocycles. The van der Waals surface area contributed by atoms with Crippen LogP contribution in [0.2, 0.25) is 0 Å². The van der Waals surface area contributed by atoms with E-state index in [1.807, 2.05) is 12.1 Å². The Bertz CT molecular complexity index is 707. The number of carbonyl (C=O) groups is 1. The maximum Gasteiger partial charge on any atom is 0.243 e. The predicted octanol–water partition coefficient (Wildman–Crippen LogP) is 2.23. The Hall–Kier alpha value is -2.35. The van der Waals surface area contributed by atoms with Gasteiger partial charge in [0.15, 0.2) is 5.96 Å². The van der Waals surface area contributed by atoms with Gasteiger partial charge in [-0.3, -0.25) is 4.79 Å². The molecule has 142 valence electrons. The van der Waals surface area contributed by atoms with Crippen LogP contribution in [0.5, 0.6) is 0 Å². The van der Waals surface area contributed by atoms with E-state index >= 15 is 0 Å². The van der Waals surface area contributed by atoms with E-state index in [2.05, 4.69) is 39.8 Å². The Morgan fingerprint density at radius 1 is 1.38 bits per heavy atom. The van der Waals surface area contributed by atoms with Crippen molar-refractivity contribution in [3.05, 3.63) is 40.2 Å². The number of nitrogens with zero attached hydrogens (tertiary/aromatic N) is 3. The van der Waals surface area contributed by atoms with Crippen LogP contribution in [0.3, 0.4) is 0 Å². The highest BCUT2D eigenvalue weighted by Gasteiger charge is 2.08. The number of rotatable bonds is 8. The van der Waals surface area contributed by atoms with Gasteiger partial charge in [0, 0.05) is 32.4 Å². The van der Waals surface area contributed by atoms with Crippen LogP contribution in [0.25, 0.3) is 0 Å². The van der Waals surface area contributed by atoms with E-state index in [-0.39, 0.29) is 12.5 Å². The molecular formula is C18H27N5O2S. The van der Waals surface area contributed by atoms with Crippen LogP contribution in [0.15, 0.2) is 33.2 Å². The van der Waals surface area contributed by atoms with Crippen molar-refractivity contribution in [2.24, 2.45) is 4.99 Å². The Balaban J connectivity index is 1.91. The molecule has 26 heavy (non-hydrogen) atoms. The number of thiazole rings is 1. The standard InChI is InChI=1S/C18H27N5O2S/c1-13(2)15-12-26-16(22-15)10-20-18(21-11-17(24)23(3)4)19-8-7-14-6-5-9-25-14/h5-6,9,12-13H,7-8,10-11H2,1-4H3,(H2,19,20,21). The van der Waals surface area contributed by atoms with Gasteiger partial charge in [0.05, 0.1) is 18.5 Å². The highest BCUT2D eigenvalue weighted by Crippen LogP contribution is 2.17. The third-order valence-electron chi connectivity index (χ3n) is 3.68. The number of amides is 1. The van der Waals surface area contributed by atoms with Crippen LogP contribution in [-0.2, 0) is 17.8 Å². The van der Waals surface area contributed by atoms with Crippen LogP contribution < -0.4 is 10.6 Å². The van der Waals surface area contributed by atoms with Gasteiger partial charge in [-0.2, -0.15) is 0 Å². The van der Waals surface area contributed by atoms with Gasteiger partial charge in [-0.25, -0.2) is 9.98 Å². The molecule has 7 nitrogen and oxygen atoms in total. The molecule has 0 aliphatic heterocycles. The first-order chi connectivity index (χ1) is 12.5. The summed E-state index contributed by atoms with van der Waals surface area (Å²) < 4.78 is 5.33. The summed E-state index contributed by atoms with van der Waals surface area (Å²) in [7, 11) is 3.44. The van der Waals surface area contributed by atoms with Crippen LogP contribution in [-0.4, -0.2) is 48.9 Å². The summed E-state index contributed by atoms with van der Waals surface area (Å²) in [5, 5.41) is 9.56. The second kappa shape index (κ2) is 9.96. The van der Waals surface area contributed by atoms with Gasteiger partial charge >= 0.3 is 0 Å². The van der Waals surface area contributed by atoms with Gasteiger partial charge in [-0.05, 0) is 18.1 Å². The summed E-state index contributed by atoms with van der Waals surface area (Å²) in [5.41, 5.74) is 1.10. The number of aromatic nitrogens is 1. The summed E-state index contributed by atoms with van der Waals surface area (Å²) >= 11 is 1.62. The molecule has 0 fully saturated rings. The fourth-order valence-corrected chi connectivity index (χ4v) is 2.95. The van der Waals surface area contributed by atoms with Crippen LogP contribution in [0, 0.1) is 0 Å². The lowest BCUT2D eigenvalue weighted by Crippen LogP contribution is -2.39. The van der Waals surface area contributed by atoms with Crippen molar-refractivity contribution in [3.8, 4) is 0 Å². The number of carbonyl (C=O) groups excluding carboxylic acids is 1. The summed E-state index contributed by atoms with van der Waals surface area (Å²) in [6, 6.07) is 3.80. The molecule has 2 N–H and O–H groups in total. The summed E-state index contributed by atoms with van der Waals surface area (Å²) in [5.74, 6) is 1.86. The van der Waals surface area contributed by atoms with Crippen molar-refractivity contribution in [1.82, 2.24) is 20.5 Å². The summed E-state index contributed by atoms with van der Waals surface area (Å²) in [6.45, 7) is 5.58. The minimum atomic E-state index is -0.0477. The number of nitrogens with one attached hydrogen (secondary N) is 2. The molecule has 0 aromatic carbocycles. The van der Waals surface area contributed by atoms with E-state index in [0.29, 0.717) is 25.0 Å². The molecule has 0 radical (unpaired) electrons. The van der Waals surface area contributed by atoms with Crippen molar-refractivity contribution in [1.29, 1.82) is 0 Å². The second-order valence-corrected chi connectivity index (χ2v) is 7.33. The van der Waals surface area contributed by atoms with E-state index in [1.165, 1.54) is 4.90 Å². The molecule has 0 spiro atoms. The smallest absolute Gasteiger partial charge is 0.243 e. The number of hydrogen-bond acceptors (Lipinski definition) is 5. The third kappa shape index (κ3) is 6.51. The van der Waals surface area contributed by atoms with E-state index in [9.17, 15) is 4.79 Å². The highest BCUT2D eigenvalue weighted by molar-refractivity contribution is 7.09. The number of hydrogen-bond donors (Lipinski definition) is 2. The summed E-state index contributed by atoms with van der Waals surface area (Å²) in [4.78, 5) is 22.3.